The molecule has 2 N–H and O–H groups in total. The van der Waals surface area contributed by atoms with Crippen LogP contribution in [0, 0.1) is 0 Å². The Morgan fingerprint density at radius 2 is 2.00 bits per heavy atom. The summed E-state index contributed by atoms with van der Waals surface area (Å²) < 4.78 is 5.74. The first-order valence-electron chi connectivity index (χ1n) is 5.99. The lowest BCUT2D eigenvalue weighted by Gasteiger charge is -2.37. The summed E-state index contributed by atoms with van der Waals surface area (Å²) in [6, 6.07) is 5.91. The molecule has 0 radical (unpaired) electrons. The Kier molecular flexibility index (Phi) is 3.92. The molecule has 94 valence electrons. The highest BCUT2D eigenvalue weighted by molar-refractivity contribution is 6.30. The van der Waals surface area contributed by atoms with Gasteiger partial charge in [-0.2, -0.15) is 0 Å². The monoisotopic (exact) mass is 254 g/mol. The first kappa shape index (κ1) is 12.7. The van der Waals surface area contributed by atoms with Gasteiger partial charge in [0.15, 0.2) is 0 Å². The van der Waals surface area contributed by atoms with Gasteiger partial charge in [-0.3, -0.25) is 0 Å². The molecule has 2 unspecified atom stereocenters. The molecule has 0 aliphatic carbocycles. The molecule has 3 nitrogen and oxygen atoms in total. The zero-order valence-electron chi connectivity index (χ0n) is 10.3. The van der Waals surface area contributed by atoms with E-state index < -0.39 is 0 Å². The van der Waals surface area contributed by atoms with Crippen LogP contribution < -0.4 is 10.6 Å². The van der Waals surface area contributed by atoms with Crippen LogP contribution in [-0.4, -0.2) is 25.3 Å². The maximum absolute atomic E-state index is 5.99. The van der Waals surface area contributed by atoms with Crippen molar-refractivity contribution in [1.29, 1.82) is 0 Å². The predicted octanol–water partition coefficient (Wildman–Crippen LogP) is 2.41. The summed E-state index contributed by atoms with van der Waals surface area (Å²) in [5, 5.41) is 0.739. The molecule has 0 aromatic heterocycles. The third kappa shape index (κ3) is 2.92. The Labute approximate surface area is 107 Å². The molecule has 1 aromatic carbocycles. The Bertz CT molecular complexity index is 387. The predicted molar refractivity (Wildman–Crippen MR) is 71.6 cm³/mol. The molecule has 1 saturated heterocycles. The summed E-state index contributed by atoms with van der Waals surface area (Å²) in [6.45, 7) is 6.51. The molecule has 2 atom stereocenters. The van der Waals surface area contributed by atoms with Crippen molar-refractivity contribution < 1.29 is 4.74 Å². The van der Waals surface area contributed by atoms with Gasteiger partial charge in [0.25, 0.3) is 0 Å². The van der Waals surface area contributed by atoms with Crippen LogP contribution in [0.3, 0.4) is 0 Å². The van der Waals surface area contributed by atoms with Crippen molar-refractivity contribution in [3.8, 4) is 0 Å². The number of hydrogen-bond donors (Lipinski definition) is 1. The first-order valence-corrected chi connectivity index (χ1v) is 6.37. The molecule has 2 rings (SSSR count). The van der Waals surface area contributed by atoms with Crippen LogP contribution in [0.25, 0.3) is 0 Å². The molecular formula is C13H19ClN2O. The number of benzene rings is 1. The molecule has 0 amide bonds. The number of nitrogens with two attached hydrogens (primary N) is 1. The third-order valence-electron chi connectivity index (χ3n) is 3.02. The van der Waals surface area contributed by atoms with Crippen LogP contribution in [-0.2, 0) is 11.3 Å². The fraction of sp³-hybridized carbons (Fsp3) is 0.538. The number of ether oxygens (including phenoxy) is 1. The number of morpholine rings is 1. The number of hydrogen-bond acceptors (Lipinski definition) is 3. The van der Waals surface area contributed by atoms with E-state index in [2.05, 4.69) is 24.8 Å². The average Bonchev–Trinajstić information content (AvgIpc) is 2.27. The van der Waals surface area contributed by atoms with E-state index in [4.69, 9.17) is 22.1 Å². The summed E-state index contributed by atoms with van der Waals surface area (Å²) in [4.78, 5) is 2.33. The normalized spacial score (nSPS) is 25.1. The SMILES string of the molecule is CC1CN(c2ccc(Cl)cc2CN)CC(C)O1. The number of nitrogens with zero attached hydrogens (tertiary/aromatic N) is 1. The Morgan fingerprint density at radius 3 is 2.59 bits per heavy atom. The molecule has 1 aliphatic heterocycles. The van der Waals surface area contributed by atoms with Gasteiger partial charge in [0.1, 0.15) is 0 Å². The Hall–Kier alpha value is -0.770. The molecule has 0 saturated carbocycles. The van der Waals surface area contributed by atoms with E-state index in [0.717, 1.165) is 23.7 Å². The van der Waals surface area contributed by atoms with Crippen molar-refractivity contribution in [1.82, 2.24) is 0 Å². The maximum Gasteiger partial charge on any atom is 0.0726 e. The summed E-state index contributed by atoms with van der Waals surface area (Å²) in [5.41, 5.74) is 8.05. The second-order valence-electron chi connectivity index (χ2n) is 4.64. The van der Waals surface area contributed by atoms with Gasteiger partial charge in [0.2, 0.25) is 0 Å². The smallest absolute Gasteiger partial charge is 0.0726 e. The van der Waals surface area contributed by atoms with E-state index in [1.165, 1.54) is 5.69 Å². The number of anilines is 1. The van der Waals surface area contributed by atoms with Crippen molar-refractivity contribution in [3.05, 3.63) is 28.8 Å². The van der Waals surface area contributed by atoms with Gasteiger partial charge in [0.05, 0.1) is 12.2 Å². The topological polar surface area (TPSA) is 38.5 Å². The third-order valence-corrected chi connectivity index (χ3v) is 3.26. The minimum absolute atomic E-state index is 0.250. The van der Waals surface area contributed by atoms with Crippen molar-refractivity contribution >= 4 is 17.3 Å². The van der Waals surface area contributed by atoms with E-state index in [0.29, 0.717) is 6.54 Å². The molecule has 0 bridgehead atoms. The van der Waals surface area contributed by atoms with Gasteiger partial charge in [0, 0.05) is 30.3 Å². The van der Waals surface area contributed by atoms with Gasteiger partial charge in [-0.05, 0) is 37.6 Å². The maximum atomic E-state index is 5.99. The average molecular weight is 255 g/mol. The molecular weight excluding hydrogens is 236 g/mol. The fourth-order valence-electron chi connectivity index (χ4n) is 2.40. The Balaban J connectivity index is 2.26. The Morgan fingerprint density at radius 1 is 1.35 bits per heavy atom. The quantitative estimate of drug-likeness (QED) is 0.881. The highest BCUT2D eigenvalue weighted by atomic mass is 35.5. The highest BCUT2D eigenvalue weighted by Gasteiger charge is 2.23. The van der Waals surface area contributed by atoms with Gasteiger partial charge in [-0.25, -0.2) is 0 Å². The molecule has 1 fully saturated rings. The largest absolute Gasteiger partial charge is 0.372 e. The molecule has 1 aromatic rings. The van der Waals surface area contributed by atoms with Crippen molar-refractivity contribution in [3.63, 3.8) is 0 Å². The van der Waals surface area contributed by atoms with E-state index in [1.54, 1.807) is 0 Å². The van der Waals surface area contributed by atoms with Crippen LogP contribution in [0.15, 0.2) is 18.2 Å². The lowest BCUT2D eigenvalue weighted by molar-refractivity contribution is -0.00525. The van der Waals surface area contributed by atoms with E-state index in [9.17, 15) is 0 Å². The summed E-state index contributed by atoms with van der Waals surface area (Å²) in [6.07, 6.45) is 0.500. The summed E-state index contributed by atoms with van der Waals surface area (Å²) >= 11 is 5.99. The number of halogens is 1. The first-order chi connectivity index (χ1) is 8.10. The van der Waals surface area contributed by atoms with Gasteiger partial charge in [-0.1, -0.05) is 11.6 Å². The molecule has 1 aliphatic rings. The minimum Gasteiger partial charge on any atom is -0.372 e. The lowest BCUT2D eigenvalue weighted by atomic mass is 10.1. The van der Waals surface area contributed by atoms with Gasteiger partial charge in [-0.15, -0.1) is 0 Å². The van der Waals surface area contributed by atoms with Crippen LogP contribution >= 0.6 is 11.6 Å². The van der Waals surface area contributed by atoms with Crippen LogP contribution in [0.5, 0.6) is 0 Å². The van der Waals surface area contributed by atoms with Gasteiger partial charge < -0.3 is 15.4 Å². The molecule has 1 heterocycles. The standard InChI is InChI=1S/C13H19ClN2O/c1-9-7-16(8-10(2)17-9)13-4-3-12(14)5-11(13)6-15/h3-5,9-10H,6-8,15H2,1-2H3. The van der Waals surface area contributed by atoms with Crippen LogP contribution in [0.4, 0.5) is 5.69 Å². The van der Waals surface area contributed by atoms with Gasteiger partial charge >= 0.3 is 0 Å². The zero-order chi connectivity index (χ0) is 12.4. The second kappa shape index (κ2) is 5.25. The van der Waals surface area contributed by atoms with Crippen molar-refractivity contribution in [2.75, 3.05) is 18.0 Å². The molecule has 0 spiro atoms. The molecule has 17 heavy (non-hydrogen) atoms. The second-order valence-corrected chi connectivity index (χ2v) is 5.08. The highest BCUT2D eigenvalue weighted by Crippen LogP contribution is 2.26. The van der Waals surface area contributed by atoms with E-state index in [1.807, 2.05) is 12.1 Å². The molecule has 4 heteroatoms. The van der Waals surface area contributed by atoms with Crippen LogP contribution in [0.1, 0.15) is 19.4 Å². The summed E-state index contributed by atoms with van der Waals surface area (Å²) in [5.74, 6) is 0. The minimum atomic E-state index is 0.250. The van der Waals surface area contributed by atoms with E-state index >= 15 is 0 Å². The van der Waals surface area contributed by atoms with Crippen molar-refractivity contribution in [2.45, 2.75) is 32.6 Å². The van der Waals surface area contributed by atoms with E-state index in [-0.39, 0.29) is 12.2 Å². The summed E-state index contributed by atoms with van der Waals surface area (Å²) in [7, 11) is 0. The van der Waals surface area contributed by atoms with Crippen LogP contribution in [0.2, 0.25) is 5.02 Å². The lowest BCUT2D eigenvalue weighted by Crippen LogP contribution is -2.45. The number of rotatable bonds is 2. The fourth-order valence-corrected chi connectivity index (χ4v) is 2.60. The zero-order valence-corrected chi connectivity index (χ0v) is 11.1. The van der Waals surface area contributed by atoms with Crippen molar-refractivity contribution in [2.24, 2.45) is 5.73 Å².